The molecule has 1 fully saturated rings. The molecule has 6 nitrogen and oxygen atoms in total. The molecule has 1 saturated carbocycles. The van der Waals surface area contributed by atoms with Gasteiger partial charge in [0.1, 0.15) is 27.0 Å². The van der Waals surface area contributed by atoms with Gasteiger partial charge in [-0.2, -0.15) is 27.1 Å². The molecule has 13 heteroatoms. The molecule has 1 amide bonds. The average Bonchev–Trinajstić information content (AvgIpc) is 3.04. The van der Waals surface area contributed by atoms with E-state index in [0.29, 0.717) is 16.5 Å². The van der Waals surface area contributed by atoms with Crippen LogP contribution in [0.5, 0.6) is 0 Å². The molecule has 0 spiro atoms. The van der Waals surface area contributed by atoms with Crippen LogP contribution in [-0.4, -0.2) is 26.9 Å². The number of alkyl halides is 5. The molecule has 0 radical (unpaired) electrons. The Hall–Kier alpha value is -2.47. The summed E-state index contributed by atoms with van der Waals surface area (Å²) in [5.41, 5.74) is -3.78. The predicted octanol–water partition coefficient (Wildman–Crippen LogP) is 5.48. The third-order valence-electron chi connectivity index (χ3n) is 4.59. The van der Waals surface area contributed by atoms with E-state index in [0.717, 1.165) is 37.3 Å². The minimum Gasteiger partial charge on any atom is -0.355 e. The number of rotatable bonds is 5. The summed E-state index contributed by atoms with van der Waals surface area (Å²) in [6.07, 6.45) is -3.33. The van der Waals surface area contributed by atoms with E-state index in [-0.39, 0.29) is 33.3 Å². The van der Waals surface area contributed by atoms with Crippen LogP contribution in [0, 0.1) is 0 Å². The van der Waals surface area contributed by atoms with Crippen molar-refractivity contribution in [3.05, 3.63) is 33.3 Å². The zero-order valence-electron chi connectivity index (χ0n) is 16.0. The lowest BCUT2D eigenvalue weighted by atomic mass is 10.1. The molecule has 0 saturated heterocycles. The van der Waals surface area contributed by atoms with Gasteiger partial charge in [0, 0.05) is 26.1 Å². The lowest BCUT2D eigenvalue weighted by molar-refractivity contribution is -0.141. The van der Waals surface area contributed by atoms with Crippen LogP contribution in [0.15, 0.2) is 16.7 Å². The molecule has 0 aromatic carbocycles. The van der Waals surface area contributed by atoms with Crippen LogP contribution < -0.4 is 5.32 Å². The molecule has 0 aliphatic heterocycles. The number of amides is 1. The first kappa shape index (κ1) is 21.8. The maximum atomic E-state index is 13.8. The molecule has 0 unspecified atom stereocenters. The number of carbonyl (C=O) groups is 1. The second kappa shape index (κ2) is 7.30. The molecule has 1 N–H and O–H groups in total. The van der Waals surface area contributed by atoms with E-state index in [1.165, 1.54) is 6.07 Å². The summed E-state index contributed by atoms with van der Waals surface area (Å²) in [7, 11) is 1.11. The fraction of sp³-hybridized carbons (Fsp3) is 0.389. The standard InChI is InChI=1S/C18H14ClF5N4O2S/c1-17(20,21)14-12(18(22,23)24)13(28(2)26-14)9-6-10(30-27-9)11-5-8(15(19)31-11)16(29)25-7-3-4-7/h5-7H,3-4H2,1-2H3,(H,25,29). The van der Waals surface area contributed by atoms with Gasteiger partial charge < -0.3 is 9.84 Å². The normalized spacial score (nSPS) is 14.8. The van der Waals surface area contributed by atoms with Crippen LogP contribution in [-0.2, 0) is 19.1 Å². The summed E-state index contributed by atoms with van der Waals surface area (Å²) in [6, 6.07) is 2.71. The molecule has 3 aromatic rings. The zero-order valence-corrected chi connectivity index (χ0v) is 17.6. The lowest BCUT2D eigenvalue weighted by Gasteiger charge is -2.12. The van der Waals surface area contributed by atoms with E-state index >= 15 is 0 Å². The van der Waals surface area contributed by atoms with Crippen LogP contribution >= 0.6 is 22.9 Å². The monoisotopic (exact) mass is 480 g/mol. The maximum absolute atomic E-state index is 13.8. The minimum absolute atomic E-state index is 0.0338. The first-order chi connectivity index (χ1) is 14.4. The maximum Gasteiger partial charge on any atom is 0.420 e. The number of nitrogens with one attached hydrogen (secondary N) is 1. The van der Waals surface area contributed by atoms with Gasteiger partial charge in [0.15, 0.2) is 5.76 Å². The number of aryl methyl sites for hydroxylation is 1. The Labute approximate surface area is 181 Å². The van der Waals surface area contributed by atoms with E-state index < -0.39 is 29.1 Å². The topological polar surface area (TPSA) is 73.0 Å². The Morgan fingerprint density at radius 1 is 1.29 bits per heavy atom. The Kier molecular flexibility index (Phi) is 5.12. The highest BCUT2D eigenvalue weighted by Crippen LogP contribution is 2.45. The molecular weight excluding hydrogens is 467 g/mol. The Bertz CT molecular complexity index is 1160. The first-order valence-corrected chi connectivity index (χ1v) is 10.2. The third-order valence-corrected chi connectivity index (χ3v) is 5.96. The zero-order chi connectivity index (χ0) is 22.7. The molecule has 166 valence electrons. The van der Waals surface area contributed by atoms with E-state index in [4.69, 9.17) is 16.1 Å². The summed E-state index contributed by atoms with van der Waals surface area (Å²) in [6.45, 7) is 0.338. The Balaban J connectivity index is 1.73. The molecule has 3 heterocycles. The van der Waals surface area contributed by atoms with Crippen LogP contribution in [0.1, 0.15) is 41.4 Å². The van der Waals surface area contributed by atoms with Crippen molar-refractivity contribution in [3.8, 4) is 22.0 Å². The summed E-state index contributed by atoms with van der Waals surface area (Å²) < 4.78 is 74.4. The predicted molar refractivity (Wildman–Crippen MR) is 102 cm³/mol. The summed E-state index contributed by atoms with van der Waals surface area (Å²) in [4.78, 5) is 12.6. The van der Waals surface area contributed by atoms with Crippen molar-refractivity contribution in [3.63, 3.8) is 0 Å². The van der Waals surface area contributed by atoms with Crippen LogP contribution in [0.2, 0.25) is 4.34 Å². The number of aromatic nitrogens is 3. The van der Waals surface area contributed by atoms with Crippen LogP contribution in [0.25, 0.3) is 22.0 Å². The minimum atomic E-state index is -5.10. The van der Waals surface area contributed by atoms with Crippen molar-refractivity contribution in [1.82, 2.24) is 20.3 Å². The number of hydrogen-bond acceptors (Lipinski definition) is 5. The van der Waals surface area contributed by atoms with Gasteiger partial charge in [-0.3, -0.25) is 9.48 Å². The molecule has 1 aliphatic rings. The van der Waals surface area contributed by atoms with E-state index in [2.05, 4.69) is 15.6 Å². The van der Waals surface area contributed by atoms with Gasteiger partial charge in [-0.25, -0.2) is 0 Å². The number of halogens is 6. The quantitative estimate of drug-likeness (QED) is 0.491. The fourth-order valence-corrected chi connectivity index (χ4v) is 4.25. The Morgan fingerprint density at radius 3 is 2.55 bits per heavy atom. The highest BCUT2D eigenvalue weighted by atomic mass is 35.5. The van der Waals surface area contributed by atoms with Crippen LogP contribution in [0.3, 0.4) is 0 Å². The van der Waals surface area contributed by atoms with Crippen LogP contribution in [0.4, 0.5) is 22.0 Å². The molecular formula is C18H14ClF5N4O2S. The SMILES string of the molecule is Cn1nc(C(C)(F)F)c(C(F)(F)F)c1-c1cc(-c2cc(C(=O)NC3CC3)c(Cl)s2)on1. The van der Waals surface area contributed by atoms with Crippen molar-refractivity contribution in [2.45, 2.75) is 37.9 Å². The van der Waals surface area contributed by atoms with Gasteiger partial charge in [0.25, 0.3) is 11.8 Å². The first-order valence-electron chi connectivity index (χ1n) is 8.96. The van der Waals surface area contributed by atoms with E-state index in [1.807, 2.05) is 0 Å². The average molecular weight is 481 g/mol. The fourth-order valence-electron chi connectivity index (χ4n) is 3.03. The number of nitrogens with zero attached hydrogens (tertiary/aromatic N) is 3. The van der Waals surface area contributed by atoms with Crippen molar-refractivity contribution < 1.29 is 31.3 Å². The largest absolute Gasteiger partial charge is 0.420 e. The summed E-state index contributed by atoms with van der Waals surface area (Å²) in [5.74, 6) is -4.15. The molecule has 0 bridgehead atoms. The molecule has 0 atom stereocenters. The molecule has 1 aliphatic carbocycles. The van der Waals surface area contributed by atoms with Gasteiger partial charge in [-0.05, 0) is 18.9 Å². The number of carbonyl (C=O) groups excluding carboxylic acids is 1. The number of hydrogen-bond donors (Lipinski definition) is 1. The van der Waals surface area contributed by atoms with Gasteiger partial charge in [0.2, 0.25) is 0 Å². The summed E-state index contributed by atoms with van der Waals surface area (Å²) in [5, 5.41) is 9.78. The van der Waals surface area contributed by atoms with Gasteiger partial charge in [-0.15, -0.1) is 11.3 Å². The lowest BCUT2D eigenvalue weighted by Crippen LogP contribution is -2.25. The van der Waals surface area contributed by atoms with Crippen molar-refractivity contribution in [1.29, 1.82) is 0 Å². The second-order valence-electron chi connectivity index (χ2n) is 7.20. The third kappa shape index (κ3) is 4.18. The highest BCUT2D eigenvalue weighted by Gasteiger charge is 2.47. The van der Waals surface area contributed by atoms with Gasteiger partial charge >= 0.3 is 6.18 Å². The smallest absolute Gasteiger partial charge is 0.355 e. The molecule has 4 rings (SSSR count). The number of thiophene rings is 1. The van der Waals surface area contributed by atoms with Gasteiger partial charge in [0.05, 0.1) is 10.4 Å². The van der Waals surface area contributed by atoms with E-state index in [1.54, 1.807) is 0 Å². The van der Waals surface area contributed by atoms with Crippen molar-refractivity contribution in [2.75, 3.05) is 0 Å². The summed E-state index contributed by atoms with van der Waals surface area (Å²) >= 11 is 7.11. The molecule has 31 heavy (non-hydrogen) atoms. The van der Waals surface area contributed by atoms with Gasteiger partial charge in [-0.1, -0.05) is 16.8 Å². The highest BCUT2D eigenvalue weighted by molar-refractivity contribution is 7.19. The molecule has 3 aromatic heterocycles. The van der Waals surface area contributed by atoms with Crippen molar-refractivity contribution >= 4 is 28.8 Å². The van der Waals surface area contributed by atoms with E-state index in [9.17, 15) is 26.7 Å². The second-order valence-corrected chi connectivity index (χ2v) is 8.86. The van der Waals surface area contributed by atoms with Crippen molar-refractivity contribution in [2.24, 2.45) is 7.05 Å². The Morgan fingerprint density at radius 2 is 1.97 bits per heavy atom.